The molecule has 0 saturated heterocycles. The highest BCUT2D eigenvalue weighted by Crippen LogP contribution is 2.36. The van der Waals surface area contributed by atoms with E-state index in [4.69, 9.17) is 21.3 Å². The van der Waals surface area contributed by atoms with E-state index in [1.54, 1.807) is 0 Å². The fourth-order valence-electron chi connectivity index (χ4n) is 4.04. The summed E-state index contributed by atoms with van der Waals surface area (Å²) in [6.07, 6.45) is 2.81. The molecule has 3 nitrogen and oxygen atoms in total. The average Bonchev–Trinajstić information content (AvgIpc) is 2.78. The molecule has 168 valence electrons. The van der Waals surface area contributed by atoms with E-state index in [1.807, 2.05) is 24.4 Å². The summed E-state index contributed by atoms with van der Waals surface area (Å²) < 4.78 is 5.93. The van der Waals surface area contributed by atoms with E-state index in [0.717, 1.165) is 23.7 Å². The number of benzene rings is 2. The normalized spacial score (nSPS) is 12.6. The van der Waals surface area contributed by atoms with Gasteiger partial charge in [-0.1, -0.05) is 62.0 Å². The molecule has 3 aromatic rings. The Kier molecular flexibility index (Phi) is 8.30. The van der Waals surface area contributed by atoms with Crippen LogP contribution in [-0.4, -0.2) is 45.2 Å². The first kappa shape index (κ1) is 24.2. The van der Waals surface area contributed by atoms with Gasteiger partial charge in [0, 0.05) is 23.1 Å². The van der Waals surface area contributed by atoms with E-state index in [-0.39, 0.29) is 0 Å². The van der Waals surface area contributed by atoms with Crippen LogP contribution in [0.2, 0.25) is 18.1 Å². The van der Waals surface area contributed by atoms with Gasteiger partial charge in [0.25, 0.3) is 0 Å². The third kappa shape index (κ3) is 5.88. The number of likely N-dealkylation sites (N-methyl/N-ethyl adjacent to an activating group) is 1. The molecule has 3 rings (SSSR count). The maximum atomic E-state index is 6.38. The van der Waals surface area contributed by atoms with Crippen LogP contribution in [0.25, 0.3) is 10.8 Å². The zero-order chi connectivity index (χ0) is 23.1. The summed E-state index contributed by atoms with van der Waals surface area (Å²) >= 11 is 6.38. The fourth-order valence-corrected chi connectivity index (χ4v) is 7.36. The first-order valence-corrected chi connectivity index (χ1v) is 14.5. The minimum Gasteiger partial charge on any atom is -0.492 e. The number of ether oxygens (including phenoxy) is 1. The van der Waals surface area contributed by atoms with Crippen molar-refractivity contribution in [3.05, 3.63) is 89.1 Å². The molecule has 2 aromatic carbocycles. The Bertz CT molecular complexity index is 1050. The van der Waals surface area contributed by atoms with Crippen LogP contribution < -0.4 is 10.1 Å². The lowest BCUT2D eigenvalue weighted by Gasteiger charge is -2.29. The SMILES string of the molecule is CC/C(=C(/c1ccc(OCCN(C)C)cc1)[Si](C)(C)c1ccccn1)c1cccc(Cl)c1. The molecular weight excluding hydrogens is 432 g/mol. The van der Waals surface area contributed by atoms with Gasteiger partial charge in [-0.05, 0) is 78.8 Å². The Morgan fingerprint density at radius 1 is 0.969 bits per heavy atom. The second-order valence-corrected chi connectivity index (χ2v) is 13.4. The summed E-state index contributed by atoms with van der Waals surface area (Å²) in [6.45, 7) is 8.55. The summed E-state index contributed by atoms with van der Waals surface area (Å²) in [7, 11) is 1.99. The standard InChI is InChI=1S/C27H33ClN2OSi/c1-6-25(22-10-9-11-23(28)20-22)27(32(4,5)26-12-7-8-17-29-26)21-13-15-24(16-14-21)31-19-18-30(2)3/h7-17,20H,6,18-19H2,1-5H3/b27-25+. The molecule has 0 spiro atoms. The van der Waals surface area contributed by atoms with Gasteiger partial charge >= 0.3 is 0 Å². The fraction of sp³-hybridized carbons (Fsp3) is 0.296. The van der Waals surface area contributed by atoms with Crippen molar-refractivity contribution in [2.45, 2.75) is 26.4 Å². The lowest BCUT2D eigenvalue weighted by molar-refractivity contribution is 0.261. The molecule has 0 unspecified atom stereocenters. The van der Waals surface area contributed by atoms with Gasteiger partial charge in [-0.25, -0.2) is 0 Å². The van der Waals surface area contributed by atoms with Crippen molar-refractivity contribution in [2.24, 2.45) is 0 Å². The van der Waals surface area contributed by atoms with E-state index in [2.05, 4.69) is 87.5 Å². The van der Waals surface area contributed by atoms with Crippen molar-refractivity contribution in [3.8, 4) is 5.75 Å². The first-order chi connectivity index (χ1) is 15.3. The van der Waals surface area contributed by atoms with Gasteiger partial charge < -0.3 is 9.64 Å². The predicted molar refractivity (Wildman–Crippen MR) is 140 cm³/mol. The molecule has 0 saturated carbocycles. The molecule has 0 aliphatic heterocycles. The molecule has 0 fully saturated rings. The second kappa shape index (κ2) is 11.0. The number of nitrogens with zero attached hydrogens (tertiary/aromatic N) is 2. The smallest absolute Gasteiger partial charge is 0.136 e. The van der Waals surface area contributed by atoms with Crippen LogP contribution in [0.15, 0.2) is 72.9 Å². The molecule has 0 aliphatic carbocycles. The number of halogens is 1. The van der Waals surface area contributed by atoms with Crippen LogP contribution in [0.4, 0.5) is 0 Å². The van der Waals surface area contributed by atoms with Crippen LogP contribution >= 0.6 is 11.6 Å². The van der Waals surface area contributed by atoms with E-state index in [9.17, 15) is 0 Å². The second-order valence-electron chi connectivity index (χ2n) is 8.73. The van der Waals surface area contributed by atoms with Gasteiger partial charge in [0.2, 0.25) is 0 Å². The molecule has 0 bridgehead atoms. The van der Waals surface area contributed by atoms with Crippen molar-refractivity contribution in [2.75, 3.05) is 27.2 Å². The van der Waals surface area contributed by atoms with Crippen LogP contribution in [0, 0.1) is 0 Å². The molecule has 32 heavy (non-hydrogen) atoms. The van der Waals surface area contributed by atoms with E-state index < -0.39 is 8.07 Å². The van der Waals surface area contributed by atoms with Crippen LogP contribution in [0.3, 0.4) is 0 Å². The van der Waals surface area contributed by atoms with Crippen molar-refractivity contribution in [3.63, 3.8) is 0 Å². The van der Waals surface area contributed by atoms with Crippen molar-refractivity contribution in [1.82, 2.24) is 9.88 Å². The maximum absolute atomic E-state index is 6.38. The van der Waals surface area contributed by atoms with Gasteiger partial charge in [0.15, 0.2) is 0 Å². The van der Waals surface area contributed by atoms with Gasteiger partial charge in [0.05, 0.1) is 0 Å². The summed E-state index contributed by atoms with van der Waals surface area (Å²) in [4.78, 5) is 6.89. The van der Waals surface area contributed by atoms with Crippen LogP contribution in [0.5, 0.6) is 5.75 Å². The van der Waals surface area contributed by atoms with E-state index in [0.29, 0.717) is 6.61 Å². The minimum atomic E-state index is -2.11. The van der Waals surface area contributed by atoms with Crippen molar-refractivity contribution in [1.29, 1.82) is 0 Å². The van der Waals surface area contributed by atoms with Gasteiger partial charge in [-0.15, -0.1) is 0 Å². The largest absolute Gasteiger partial charge is 0.492 e. The summed E-state index contributed by atoms with van der Waals surface area (Å²) in [5.41, 5.74) is 3.73. The molecule has 5 heteroatoms. The van der Waals surface area contributed by atoms with Gasteiger partial charge in [0.1, 0.15) is 20.4 Å². The number of allylic oxidation sites excluding steroid dienone is 1. The monoisotopic (exact) mass is 464 g/mol. The van der Waals surface area contributed by atoms with E-state index in [1.165, 1.54) is 27.2 Å². The Labute approximate surface area is 198 Å². The summed E-state index contributed by atoms with van der Waals surface area (Å²) in [5.74, 6) is 0.896. The molecule has 0 amide bonds. The van der Waals surface area contributed by atoms with Crippen molar-refractivity contribution >= 4 is 35.8 Å². The summed E-state index contributed by atoms with van der Waals surface area (Å²) in [5, 5.41) is 3.32. The Hall–Kier alpha value is -2.40. The third-order valence-electron chi connectivity index (χ3n) is 5.71. The zero-order valence-electron chi connectivity index (χ0n) is 19.7. The maximum Gasteiger partial charge on any atom is 0.136 e. The third-order valence-corrected chi connectivity index (χ3v) is 9.36. The molecular formula is C27H33ClN2OSi. The molecule has 0 aliphatic rings. The zero-order valence-corrected chi connectivity index (χ0v) is 21.5. The quantitative estimate of drug-likeness (QED) is 0.280. The molecule has 0 atom stereocenters. The lowest BCUT2D eigenvalue weighted by Crippen LogP contribution is -2.45. The van der Waals surface area contributed by atoms with Crippen LogP contribution in [0.1, 0.15) is 24.5 Å². The van der Waals surface area contributed by atoms with Gasteiger partial charge in [-0.2, -0.15) is 0 Å². The predicted octanol–water partition coefficient (Wildman–Crippen LogP) is 6.15. The van der Waals surface area contributed by atoms with Gasteiger partial charge in [-0.3, -0.25) is 4.98 Å². The number of rotatable bonds is 9. The number of hydrogen-bond donors (Lipinski definition) is 0. The van der Waals surface area contributed by atoms with Crippen molar-refractivity contribution < 1.29 is 4.74 Å². The minimum absolute atomic E-state index is 0.673. The topological polar surface area (TPSA) is 25.4 Å². The molecule has 0 radical (unpaired) electrons. The number of aromatic nitrogens is 1. The average molecular weight is 465 g/mol. The lowest BCUT2D eigenvalue weighted by atomic mass is 10.00. The summed E-state index contributed by atoms with van der Waals surface area (Å²) in [6, 6.07) is 23.0. The highest BCUT2D eigenvalue weighted by molar-refractivity contribution is 7.05. The first-order valence-electron chi connectivity index (χ1n) is 11.1. The van der Waals surface area contributed by atoms with E-state index >= 15 is 0 Å². The highest BCUT2D eigenvalue weighted by atomic mass is 35.5. The molecule has 0 N–H and O–H groups in total. The Morgan fingerprint density at radius 2 is 1.72 bits per heavy atom. The van der Waals surface area contributed by atoms with Crippen LogP contribution in [-0.2, 0) is 0 Å². The molecule has 1 heterocycles. The Balaban J connectivity index is 2.11. The Morgan fingerprint density at radius 3 is 2.31 bits per heavy atom. The number of pyridine rings is 1. The molecule has 1 aromatic heterocycles. The number of hydrogen-bond acceptors (Lipinski definition) is 3. The highest BCUT2D eigenvalue weighted by Gasteiger charge is 2.33.